The second-order valence-corrected chi connectivity index (χ2v) is 6.40. The van der Waals surface area contributed by atoms with Crippen LogP contribution in [0.3, 0.4) is 0 Å². The predicted molar refractivity (Wildman–Crippen MR) is 75.8 cm³/mol. The molecule has 2 aliphatic rings. The quantitative estimate of drug-likeness (QED) is 0.765. The highest BCUT2D eigenvalue weighted by atomic mass is 16.3. The van der Waals surface area contributed by atoms with Gasteiger partial charge in [0.25, 0.3) is 0 Å². The van der Waals surface area contributed by atoms with Crippen LogP contribution in [-0.4, -0.2) is 48.2 Å². The molecular weight excluding hydrogens is 240 g/mol. The lowest BCUT2D eigenvalue weighted by Gasteiger charge is -2.44. The Morgan fingerprint density at radius 1 is 1.47 bits per heavy atom. The molecule has 4 heteroatoms. The molecule has 0 bridgehead atoms. The van der Waals surface area contributed by atoms with Gasteiger partial charge in [-0.2, -0.15) is 0 Å². The number of aliphatic hydroxyl groups is 1. The minimum Gasteiger partial charge on any atom is -0.396 e. The van der Waals surface area contributed by atoms with E-state index in [0.717, 1.165) is 32.4 Å². The average molecular weight is 268 g/mol. The number of aliphatic hydroxyl groups excluding tert-OH is 1. The maximum atomic E-state index is 13.1. The van der Waals surface area contributed by atoms with Gasteiger partial charge in [0.2, 0.25) is 5.91 Å². The first-order valence-corrected chi connectivity index (χ1v) is 7.74. The third-order valence-corrected chi connectivity index (χ3v) is 5.05. The number of hydrogen-bond acceptors (Lipinski definition) is 3. The van der Waals surface area contributed by atoms with E-state index in [0.29, 0.717) is 30.8 Å². The van der Waals surface area contributed by atoms with E-state index in [1.165, 1.54) is 6.42 Å². The van der Waals surface area contributed by atoms with Crippen molar-refractivity contribution in [3.8, 4) is 0 Å². The maximum absolute atomic E-state index is 13.1. The number of nitrogens with one attached hydrogen (secondary N) is 1. The van der Waals surface area contributed by atoms with Crippen molar-refractivity contribution in [1.82, 2.24) is 10.2 Å². The van der Waals surface area contributed by atoms with Crippen molar-refractivity contribution in [3.05, 3.63) is 0 Å². The zero-order valence-electron chi connectivity index (χ0n) is 12.3. The van der Waals surface area contributed by atoms with Crippen LogP contribution in [0.5, 0.6) is 0 Å². The third-order valence-electron chi connectivity index (χ3n) is 5.05. The maximum Gasteiger partial charge on any atom is 0.230 e. The molecule has 1 aliphatic heterocycles. The SMILES string of the molecule is CC(C)C1(C(=O)N(CCCO)C2CCC2)CCNC1. The van der Waals surface area contributed by atoms with E-state index >= 15 is 0 Å². The van der Waals surface area contributed by atoms with Crippen LogP contribution in [0.1, 0.15) is 46.0 Å². The highest BCUT2D eigenvalue weighted by Gasteiger charge is 2.47. The first kappa shape index (κ1) is 14.8. The molecule has 0 radical (unpaired) electrons. The average Bonchev–Trinajstić information content (AvgIpc) is 2.81. The number of rotatable bonds is 6. The molecule has 2 N–H and O–H groups in total. The highest BCUT2D eigenvalue weighted by molar-refractivity contribution is 5.84. The van der Waals surface area contributed by atoms with Crippen molar-refractivity contribution in [2.45, 2.75) is 52.0 Å². The van der Waals surface area contributed by atoms with Gasteiger partial charge in [0.15, 0.2) is 0 Å². The molecule has 1 atom stereocenters. The van der Waals surface area contributed by atoms with Crippen molar-refractivity contribution in [3.63, 3.8) is 0 Å². The largest absolute Gasteiger partial charge is 0.396 e. The number of carbonyl (C=O) groups excluding carboxylic acids is 1. The minimum absolute atomic E-state index is 0.170. The van der Waals surface area contributed by atoms with Crippen molar-refractivity contribution < 1.29 is 9.90 Å². The molecule has 1 aliphatic carbocycles. The number of carbonyl (C=O) groups is 1. The van der Waals surface area contributed by atoms with E-state index in [1.54, 1.807) is 0 Å². The van der Waals surface area contributed by atoms with Gasteiger partial charge < -0.3 is 15.3 Å². The fraction of sp³-hybridized carbons (Fsp3) is 0.933. The zero-order chi connectivity index (χ0) is 13.9. The Labute approximate surface area is 116 Å². The second kappa shape index (κ2) is 6.23. The van der Waals surface area contributed by atoms with E-state index in [1.807, 2.05) is 0 Å². The Morgan fingerprint density at radius 2 is 2.21 bits per heavy atom. The van der Waals surface area contributed by atoms with E-state index < -0.39 is 0 Å². The predicted octanol–water partition coefficient (Wildman–Crippen LogP) is 1.39. The van der Waals surface area contributed by atoms with E-state index in [9.17, 15) is 4.79 Å². The molecule has 1 saturated carbocycles. The van der Waals surface area contributed by atoms with Crippen LogP contribution in [-0.2, 0) is 4.79 Å². The fourth-order valence-corrected chi connectivity index (χ4v) is 3.31. The second-order valence-electron chi connectivity index (χ2n) is 6.40. The summed E-state index contributed by atoms with van der Waals surface area (Å²) in [4.78, 5) is 15.1. The zero-order valence-corrected chi connectivity index (χ0v) is 12.3. The lowest BCUT2D eigenvalue weighted by Crippen LogP contribution is -2.54. The van der Waals surface area contributed by atoms with Gasteiger partial charge >= 0.3 is 0 Å². The van der Waals surface area contributed by atoms with Crippen LogP contribution in [0.25, 0.3) is 0 Å². The van der Waals surface area contributed by atoms with Gasteiger partial charge in [-0.15, -0.1) is 0 Å². The van der Waals surface area contributed by atoms with Gasteiger partial charge in [0, 0.05) is 25.7 Å². The first-order chi connectivity index (χ1) is 9.12. The van der Waals surface area contributed by atoms with Crippen LogP contribution < -0.4 is 5.32 Å². The lowest BCUT2D eigenvalue weighted by molar-refractivity contribution is -0.148. The fourth-order valence-electron chi connectivity index (χ4n) is 3.31. The molecule has 4 nitrogen and oxygen atoms in total. The van der Waals surface area contributed by atoms with Crippen molar-refractivity contribution in [2.24, 2.45) is 11.3 Å². The molecule has 2 fully saturated rings. The molecule has 0 aromatic rings. The molecule has 19 heavy (non-hydrogen) atoms. The summed E-state index contributed by atoms with van der Waals surface area (Å²) in [6.07, 6.45) is 5.16. The molecule has 0 spiro atoms. The van der Waals surface area contributed by atoms with Crippen LogP contribution >= 0.6 is 0 Å². The van der Waals surface area contributed by atoms with Gasteiger partial charge in [-0.25, -0.2) is 0 Å². The van der Waals surface area contributed by atoms with Crippen molar-refractivity contribution in [1.29, 1.82) is 0 Å². The van der Waals surface area contributed by atoms with E-state index in [2.05, 4.69) is 24.1 Å². The highest BCUT2D eigenvalue weighted by Crippen LogP contribution is 2.38. The molecule has 1 unspecified atom stereocenters. The Balaban J connectivity index is 2.12. The summed E-state index contributed by atoms with van der Waals surface area (Å²) < 4.78 is 0. The third kappa shape index (κ3) is 2.79. The van der Waals surface area contributed by atoms with Gasteiger partial charge in [-0.05, 0) is 44.6 Å². The summed E-state index contributed by atoms with van der Waals surface area (Å²) in [5.74, 6) is 0.692. The van der Waals surface area contributed by atoms with Crippen LogP contribution in [0, 0.1) is 11.3 Å². The van der Waals surface area contributed by atoms with Crippen molar-refractivity contribution in [2.75, 3.05) is 26.2 Å². The van der Waals surface area contributed by atoms with E-state index in [-0.39, 0.29) is 12.0 Å². The Morgan fingerprint density at radius 3 is 2.63 bits per heavy atom. The number of nitrogens with zero attached hydrogens (tertiary/aromatic N) is 1. The van der Waals surface area contributed by atoms with Crippen molar-refractivity contribution >= 4 is 5.91 Å². The summed E-state index contributed by atoms with van der Waals surface area (Å²) >= 11 is 0. The van der Waals surface area contributed by atoms with Gasteiger partial charge in [0.05, 0.1) is 5.41 Å². The Kier molecular flexibility index (Phi) is 4.85. The van der Waals surface area contributed by atoms with E-state index in [4.69, 9.17) is 5.11 Å². The first-order valence-electron chi connectivity index (χ1n) is 7.74. The Hall–Kier alpha value is -0.610. The Bertz CT molecular complexity index is 307. The molecule has 0 aromatic heterocycles. The number of amides is 1. The van der Waals surface area contributed by atoms with Crippen LogP contribution in [0.4, 0.5) is 0 Å². The van der Waals surface area contributed by atoms with Gasteiger partial charge in [0.1, 0.15) is 0 Å². The summed E-state index contributed by atoms with van der Waals surface area (Å²) in [6, 6.07) is 0.426. The van der Waals surface area contributed by atoms with Crippen LogP contribution in [0.15, 0.2) is 0 Å². The minimum atomic E-state index is -0.217. The van der Waals surface area contributed by atoms with Gasteiger partial charge in [-0.1, -0.05) is 13.8 Å². The molecule has 1 saturated heterocycles. The molecule has 110 valence electrons. The normalized spacial score (nSPS) is 27.6. The topological polar surface area (TPSA) is 52.6 Å². The summed E-state index contributed by atoms with van der Waals surface area (Å²) in [5.41, 5.74) is -0.217. The summed E-state index contributed by atoms with van der Waals surface area (Å²) in [7, 11) is 0. The monoisotopic (exact) mass is 268 g/mol. The molecule has 2 rings (SSSR count). The molecule has 1 heterocycles. The molecule has 1 amide bonds. The summed E-state index contributed by atoms with van der Waals surface area (Å²) in [6.45, 7) is 6.97. The number of hydrogen-bond donors (Lipinski definition) is 2. The molecular formula is C15H28N2O2. The standard InChI is InChI=1S/C15H28N2O2/c1-12(2)15(7-8-16-11-15)14(19)17(9-4-10-18)13-5-3-6-13/h12-13,16,18H,3-11H2,1-2H3. The summed E-state index contributed by atoms with van der Waals surface area (Å²) in [5, 5.41) is 12.4. The molecule has 0 aromatic carbocycles. The lowest BCUT2D eigenvalue weighted by atomic mass is 9.74. The van der Waals surface area contributed by atoms with Crippen LogP contribution in [0.2, 0.25) is 0 Å². The van der Waals surface area contributed by atoms with Gasteiger partial charge in [-0.3, -0.25) is 4.79 Å². The smallest absolute Gasteiger partial charge is 0.230 e.